The highest BCUT2D eigenvalue weighted by molar-refractivity contribution is 7.87. The first-order valence-corrected chi connectivity index (χ1v) is 14.9. The molecule has 0 saturated carbocycles. The summed E-state index contributed by atoms with van der Waals surface area (Å²) in [5.74, 6) is -4.91. The van der Waals surface area contributed by atoms with Crippen molar-refractivity contribution in [1.82, 2.24) is 10.1 Å². The molecule has 220 valence electrons. The summed E-state index contributed by atoms with van der Waals surface area (Å²) in [5, 5.41) is 18.3. The molecule has 0 spiro atoms. The molecule has 2 aliphatic heterocycles. The van der Waals surface area contributed by atoms with Gasteiger partial charge in [0.2, 0.25) is 0 Å². The Kier molecular flexibility index (Phi) is 8.86. The molecule has 2 aromatic carbocycles. The molecule has 2 aromatic rings. The van der Waals surface area contributed by atoms with Gasteiger partial charge in [-0.15, -0.1) is 18.7 Å². The van der Waals surface area contributed by atoms with Crippen molar-refractivity contribution in [1.29, 1.82) is 0 Å². The first-order valence-electron chi connectivity index (χ1n) is 12.1. The Bertz CT molecular complexity index is 1440. The number of ether oxygens (including phenoxy) is 1. The van der Waals surface area contributed by atoms with Gasteiger partial charge in [-0.25, -0.2) is 0 Å². The Labute approximate surface area is 234 Å². The van der Waals surface area contributed by atoms with Crippen molar-refractivity contribution in [2.45, 2.75) is 35.5 Å². The van der Waals surface area contributed by atoms with Crippen LogP contribution in [-0.2, 0) is 48.0 Å². The maximum Gasteiger partial charge on any atom is 0.318 e. The van der Waals surface area contributed by atoms with Crippen LogP contribution in [0.3, 0.4) is 0 Å². The van der Waals surface area contributed by atoms with Gasteiger partial charge in [0, 0.05) is 26.1 Å². The normalized spacial score (nSPS) is 19.9. The van der Waals surface area contributed by atoms with Crippen LogP contribution in [0.2, 0.25) is 0 Å². The molecule has 4 amide bonds. The van der Waals surface area contributed by atoms with Crippen LogP contribution < -0.4 is 4.74 Å². The Morgan fingerprint density at radius 1 is 0.634 bits per heavy atom. The highest BCUT2D eigenvalue weighted by atomic mass is 32.2. The topological polar surface area (TPSA) is 211 Å². The molecular formula is C24H24N2O13S2. The zero-order chi connectivity index (χ0) is 29.9. The van der Waals surface area contributed by atoms with Crippen molar-refractivity contribution in [3.63, 3.8) is 0 Å². The van der Waals surface area contributed by atoms with Crippen LogP contribution in [0.25, 0.3) is 0 Å². The largest absolute Gasteiger partial charge is 0.457 e. The highest BCUT2D eigenvalue weighted by Gasteiger charge is 2.43. The third-order valence-corrected chi connectivity index (χ3v) is 8.54. The first kappa shape index (κ1) is 30.2. The summed E-state index contributed by atoms with van der Waals surface area (Å²) < 4.78 is 65.3. The van der Waals surface area contributed by atoms with Crippen molar-refractivity contribution >= 4 is 43.9 Å². The fourth-order valence-corrected chi connectivity index (χ4v) is 5.84. The predicted octanol–water partition coefficient (Wildman–Crippen LogP) is 0.235. The number of hydrogen-bond acceptors (Lipinski definition) is 13. The molecule has 2 N–H and O–H groups in total. The minimum Gasteiger partial charge on any atom is -0.457 e. The van der Waals surface area contributed by atoms with Gasteiger partial charge in [0.15, 0.2) is 0 Å². The third-order valence-electron chi connectivity index (χ3n) is 6.15. The molecule has 0 aromatic heterocycles. The molecular weight excluding hydrogens is 588 g/mol. The first-order chi connectivity index (χ1) is 19.4. The molecule has 2 saturated heterocycles. The van der Waals surface area contributed by atoms with E-state index in [-0.39, 0.29) is 70.3 Å². The van der Waals surface area contributed by atoms with E-state index in [9.17, 15) is 36.0 Å². The summed E-state index contributed by atoms with van der Waals surface area (Å²) in [4.78, 5) is 47.6. The van der Waals surface area contributed by atoms with Crippen LogP contribution >= 0.6 is 0 Å². The second-order valence-electron chi connectivity index (χ2n) is 8.98. The summed E-state index contributed by atoms with van der Waals surface area (Å²) in [7, 11) is -9.13. The van der Waals surface area contributed by atoms with Gasteiger partial charge in [-0.05, 0) is 61.4 Å². The summed E-state index contributed by atoms with van der Waals surface area (Å²) in [6.45, 7) is -0.712. The number of aliphatic hydroxyl groups excluding tert-OH is 2. The lowest BCUT2D eigenvalue weighted by atomic mass is 10.1. The van der Waals surface area contributed by atoms with Crippen molar-refractivity contribution < 1.29 is 59.5 Å². The summed E-state index contributed by atoms with van der Waals surface area (Å²) >= 11 is 0. The summed E-state index contributed by atoms with van der Waals surface area (Å²) in [6.07, 6.45) is -0.596. The van der Waals surface area contributed by atoms with E-state index in [1.165, 1.54) is 24.3 Å². The van der Waals surface area contributed by atoms with Gasteiger partial charge >= 0.3 is 20.2 Å². The average molecular weight is 613 g/mol. The van der Waals surface area contributed by atoms with E-state index in [1.807, 2.05) is 0 Å². The van der Waals surface area contributed by atoms with Gasteiger partial charge in [-0.2, -0.15) is 16.8 Å². The number of aliphatic hydroxyl groups is 2. The zero-order valence-electron chi connectivity index (χ0n) is 21.1. The number of amides is 4. The second-order valence-corrected chi connectivity index (χ2v) is 12.0. The molecule has 15 nitrogen and oxygen atoms in total. The molecule has 0 bridgehead atoms. The van der Waals surface area contributed by atoms with E-state index in [1.54, 1.807) is 0 Å². The predicted molar refractivity (Wildman–Crippen MR) is 133 cm³/mol. The monoisotopic (exact) mass is 612 g/mol. The van der Waals surface area contributed by atoms with Crippen LogP contribution in [0, 0.1) is 11.8 Å². The van der Waals surface area contributed by atoms with Crippen LogP contribution in [0.1, 0.15) is 25.7 Å². The standard InChI is InChI=1S/C24H24N2O13S2/c27-11-9-15-13-21(29)25(23(15)31)38-40(33,34)19-5-1-17(2-6-19)37-18-3-7-20(8-4-18)41(35,36)39-26-22(30)14-16(10-12-28)24(26)32/h1-8,15-16,27-28H,9-14H2. The quantitative estimate of drug-likeness (QED) is 0.308. The van der Waals surface area contributed by atoms with Gasteiger partial charge in [-0.3, -0.25) is 19.2 Å². The van der Waals surface area contributed by atoms with Gasteiger partial charge in [0.25, 0.3) is 23.6 Å². The summed E-state index contributed by atoms with van der Waals surface area (Å²) in [5.41, 5.74) is 0. The number of benzene rings is 2. The van der Waals surface area contributed by atoms with E-state index in [4.69, 9.17) is 23.5 Å². The number of carbonyl (C=O) groups excluding carboxylic acids is 4. The van der Waals surface area contributed by atoms with Crippen LogP contribution in [0.15, 0.2) is 58.3 Å². The number of nitrogens with zero attached hydrogens (tertiary/aromatic N) is 2. The fraction of sp³-hybridized carbons (Fsp3) is 0.333. The van der Waals surface area contributed by atoms with Crippen LogP contribution in [0.5, 0.6) is 11.5 Å². The van der Waals surface area contributed by atoms with E-state index in [0.29, 0.717) is 0 Å². The average Bonchev–Trinajstić information content (AvgIpc) is 3.33. The van der Waals surface area contributed by atoms with Gasteiger partial charge in [0.05, 0.1) is 21.6 Å². The lowest BCUT2D eigenvalue weighted by Gasteiger charge is -2.14. The Morgan fingerprint density at radius 2 is 0.976 bits per heavy atom. The van der Waals surface area contributed by atoms with E-state index in [2.05, 4.69) is 0 Å². The van der Waals surface area contributed by atoms with Crippen molar-refractivity contribution in [2.24, 2.45) is 11.8 Å². The fourth-order valence-electron chi connectivity index (χ4n) is 4.03. The minimum atomic E-state index is -4.56. The highest BCUT2D eigenvalue weighted by Crippen LogP contribution is 2.29. The lowest BCUT2D eigenvalue weighted by Crippen LogP contribution is -2.33. The molecule has 2 fully saturated rings. The van der Waals surface area contributed by atoms with Crippen LogP contribution in [0.4, 0.5) is 0 Å². The van der Waals surface area contributed by atoms with Gasteiger partial charge in [-0.1, -0.05) is 0 Å². The summed E-state index contributed by atoms with van der Waals surface area (Å²) in [6, 6.07) is 9.39. The Hall–Kier alpha value is -3.74. The molecule has 2 atom stereocenters. The minimum absolute atomic E-state index is 0.0138. The zero-order valence-corrected chi connectivity index (χ0v) is 22.7. The molecule has 4 rings (SSSR count). The second kappa shape index (κ2) is 12.0. The van der Waals surface area contributed by atoms with Gasteiger partial charge in [0.1, 0.15) is 11.5 Å². The number of imide groups is 2. The maximum absolute atomic E-state index is 12.6. The van der Waals surface area contributed by atoms with Crippen molar-refractivity contribution in [3.05, 3.63) is 48.5 Å². The third kappa shape index (κ3) is 6.61. The van der Waals surface area contributed by atoms with Crippen LogP contribution in [-0.4, -0.2) is 74.0 Å². The van der Waals surface area contributed by atoms with E-state index in [0.717, 1.165) is 24.3 Å². The number of hydroxylamine groups is 4. The van der Waals surface area contributed by atoms with E-state index < -0.39 is 55.7 Å². The van der Waals surface area contributed by atoms with Gasteiger partial charge < -0.3 is 14.9 Å². The maximum atomic E-state index is 12.6. The lowest BCUT2D eigenvalue weighted by molar-refractivity contribution is -0.166. The van der Waals surface area contributed by atoms with E-state index >= 15 is 0 Å². The number of carbonyl (C=O) groups is 4. The molecule has 2 heterocycles. The molecule has 41 heavy (non-hydrogen) atoms. The SMILES string of the molecule is O=C1CC(CCO)C(=O)N1OS(=O)(=O)c1ccc(Oc2ccc(S(=O)(=O)ON3C(=O)CC(CCO)C3=O)cc2)cc1. The molecule has 2 unspecified atom stereocenters. The molecule has 17 heteroatoms. The molecule has 2 aliphatic rings. The Balaban J connectivity index is 1.39. The number of hydrogen-bond donors (Lipinski definition) is 2. The molecule has 0 aliphatic carbocycles. The van der Waals surface area contributed by atoms with Crippen molar-refractivity contribution in [2.75, 3.05) is 13.2 Å². The number of rotatable bonds is 12. The Morgan fingerprint density at radius 3 is 1.29 bits per heavy atom. The van der Waals surface area contributed by atoms with Crippen molar-refractivity contribution in [3.8, 4) is 11.5 Å². The molecule has 0 radical (unpaired) electrons. The smallest absolute Gasteiger partial charge is 0.318 e.